The minimum Gasteiger partial charge on any atom is -0.371 e. The number of nitrogens with zero attached hydrogens (tertiary/aromatic N) is 3. The van der Waals surface area contributed by atoms with Crippen molar-refractivity contribution in [3.05, 3.63) is 46.2 Å². The van der Waals surface area contributed by atoms with E-state index in [1.54, 1.807) is 23.5 Å². The molecule has 0 aliphatic carbocycles. The van der Waals surface area contributed by atoms with E-state index in [-0.39, 0.29) is 29.8 Å². The summed E-state index contributed by atoms with van der Waals surface area (Å²) in [5, 5.41) is 8.06. The third kappa shape index (κ3) is 7.40. The summed E-state index contributed by atoms with van der Waals surface area (Å²) in [5.41, 5.74) is 0.967. The second kappa shape index (κ2) is 12.3. The highest BCUT2D eigenvalue weighted by molar-refractivity contribution is 14.0. The van der Waals surface area contributed by atoms with Crippen molar-refractivity contribution in [3.8, 4) is 0 Å². The summed E-state index contributed by atoms with van der Waals surface area (Å²) in [7, 11) is 0. The van der Waals surface area contributed by atoms with E-state index in [1.165, 1.54) is 10.9 Å². The van der Waals surface area contributed by atoms with Crippen LogP contribution in [0.5, 0.6) is 0 Å². The molecule has 0 bridgehead atoms. The number of thiazole rings is 1. The number of aryl methyl sites for hydroxylation is 1. The Labute approximate surface area is 194 Å². The molecule has 0 amide bonds. The lowest BCUT2D eigenvalue weighted by Crippen LogP contribution is -2.48. The molecule has 0 spiro atoms. The van der Waals surface area contributed by atoms with E-state index in [2.05, 4.69) is 34.4 Å². The van der Waals surface area contributed by atoms with Gasteiger partial charge >= 0.3 is 0 Å². The summed E-state index contributed by atoms with van der Waals surface area (Å²) in [6.45, 7) is 7.64. The number of guanidine groups is 1. The number of halogens is 2. The summed E-state index contributed by atoms with van der Waals surface area (Å²) in [6, 6.07) is 7.24. The summed E-state index contributed by atoms with van der Waals surface area (Å²) in [6.07, 6.45) is 5.90. The van der Waals surface area contributed by atoms with Crippen LogP contribution in [0.3, 0.4) is 0 Å². The molecule has 0 saturated carbocycles. The van der Waals surface area contributed by atoms with Gasteiger partial charge in [-0.1, -0.05) is 13.0 Å². The molecular weight excluding hydrogens is 500 g/mol. The molecule has 1 aromatic heterocycles. The zero-order chi connectivity index (χ0) is 19.8. The van der Waals surface area contributed by atoms with Crippen molar-refractivity contribution in [2.45, 2.75) is 45.6 Å². The van der Waals surface area contributed by atoms with Gasteiger partial charge in [0.2, 0.25) is 0 Å². The fourth-order valence-electron chi connectivity index (χ4n) is 3.36. The quantitative estimate of drug-likeness (QED) is 0.319. The molecule has 0 atom stereocenters. The number of benzene rings is 1. The van der Waals surface area contributed by atoms with E-state index < -0.39 is 0 Å². The fourth-order valence-corrected chi connectivity index (χ4v) is 4.21. The van der Waals surface area contributed by atoms with Crippen molar-refractivity contribution >= 4 is 47.0 Å². The molecule has 1 aliphatic heterocycles. The molecular formula is C21H31FIN5S. The first-order valence-electron chi connectivity index (χ1n) is 10.2. The molecule has 2 aromatic rings. The Kier molecular flexibility index (Phi) is 10.1. The Morgan fingerprint density at radius 3 is 2.76 bits per heavy atom. The smallest absolute Gasteiger partial charge is 0.191 e. The second-order valence-corrected chi connectivity index (χ2v) is 8.17. The fraction of sp³-hybridized carbons (Fsp3) is 0.524. The zero-order valence-electron chi connectivity index (χ0n) is 17.2. The Bertz CT molecular complexity index is 774. The van der Waals surface area contributed by atoms with Crippen LogP contribution < -0.4 is 15.5 Å². The van der Waals surface area contributed by atoms with Crippen LogP contribution in [0.15, 0.2) is 35.5 Å². The van der Waals surface area contributed by atoms with Crippen molar-refractivity contribution in [3.63, 3.8) is 0 Å². The van der Waals surface area contributed by atoms with E-state index in [4.69, 9.17) is 4.99 Å². The average Bonchev–Trinajstić information content (AvgIpc) is 3.17. The summed E-state index contributed by atoms with van der Waals surface area (Å²) in [5.74, 6) is 0.699. The lowest BCUT2D eigenvalue weighted by Gasteiger charge is -2.34. The number of aliphatic imine (C=N–C) groups is 1. The first-order valence-corrected chi connectivity index (χ1v) is 11.0. The minimum atomic E-state index is -0.175. The number of hydrogen-bond acceptors (Lipinski definition) is 4. The van der Waals surface area contributed by atoms with Gasteiger partial charge in [0.05, 0.1) is 5.01 Å². The first kappa shape index (κ1) is 23.9. The highest BCUT2D eigenvalue weighted by Gasteiger charge is 2.20. The summed E-state index contributed by atoms with van der Waals surface area (Å²) >= 11 is 1.78. The van der Waals surface area contributed by atoms with Crippen LogP contribution in [-0.2, 0) is 12.8 Å². The maximum atomic E-state index is 13.5. The highest BCUT2D eigenvalue weighted by Crippen LogP contribution is 2.20. The van der Waals surface area contributed by atoms with Gasteiger partial charge in [0.1, 0.15) is 5.82 Å². The van der Waals surface area contributed by atoms with Crippen LogP contribution in [0.4, 0.5) is 10.1 Å². The topological polar surface area (TPSA) is 52.6 Å². The molecule has 2 N–H and O–H groups in total. The number of nitrogens with one attached hydrogen (secondary N) is 2. The molecule has 1 fully saturated rings. The Morgan fingerprint density at radius 2 is 2.10 bits per heavy atom. The monoisotopic (exact) mass is 531 g/mol. The molecule has 8 heteroatoms. The van der Waals surface area contributed by atoms with E-state index in [1.807, 2.05) is 12.3 Å². The van der Waals surface area contributed by atoms with Gasteiger partial charge in [0.15, 0.2) is 5.96 Å². The molecule has 29 heavy (non-hydrogen) atoms. The van der Waals surface area contributed by atoms with Gasteiger partial charge in [-0.25, -0.2) is 9.37 Å². The van der Waals surface area contributed by atoms with Crippen molar-refractivity contribution in [1.29, 1.82) is 0 Å². The predicted molar refractivity (Wildman–Crippen MR) is 131 cm³/mol. The summed E-state index contributed by atoms with van der Waals surface area (Å²) in [4.78, 5) is 12.8. The molecule has 1 aromatic carbocycles. The molecule has 1 aliphatic rings. The number of anilines is 1. The molecule has 5 nitrogen and oxygen atoms in total. The van der Waals surface area contributed by atoms with Gasteiger partial charge in [-0.3, -0.25) is 4.99 Å². The third-order valence-corrected chi connectivity index (χ3v) is 6.10. The largest absolute Gasteiger partial charge is 0.371 e. The highest BCUT2D eigenvalue weighted by atomic mass is 127. The van der Waals surface area contributed by atoms with E-state index in [0.717, 1.165) is 68.5 Å². The molecule has 1 saturated heterocycles. The molecule has 0 radical (unpaired) electrons. The minimum absolute atomic E-state index is 0. The van der Waals surface area contributed by atoms with Crippen LogP contribution in [0.25, 0.3) is 0 Å². The van der Waals surface area contributed by atoms with Crippen LogP contribution >= 0.6 is 35.3 Å². The zero-order valence-corrected chi connectivity index (χ0v) is 20.3. The SMILES string of the molecule is CCNC(=NCCc1ncc(CC)s1)NC1CCN(c2cccc(F)c2)CC1.I. The number of piperidine rings is 1. The van der Waals surface area contributed by atoms with Crippen molar-refractivity contribution in [2.75, 3.05) is 31.1 Å². The van der Waals surface area contributed by atoms with Crippen molar-refractivity contribution in [2.24, 2.45) is 4.99 Å². The lowest BCUT2D eigenvalue weighted by atomic mass is 10.0. The van der Waals surface area contributed by atoms with Gasteiger partial charge in [-0.05, 0) is 44.4 Å². The molecule has 0 unspecified atom stereocenters. The maximum absolute atomic E-state index is 13.5. The molecule has 160 valence electrons. The lowest BCUT2D eigenvalue weighted by molar-refractivity contribution is 0.461. The van der Waals surface area contributed by atoms with Crippen LogP contribution in [0.1, 0.15) is 36.6 Å². The Hall–Kier alpha value is -1.42. The van der Waals surface area contributed by atoms with Gasteiger partial charge in [0.25, 0.3) is 0 Å². The van der Waals surface area contributed by atoms with E-state index in [9.17, 15) is 4.39 Å². The van der Waals surface area contributed by atoms with Gasteiger partial charge in [-0.2, -0.15) is 0 Å². The Morgan fingerprint density at radius 1 is 1.31 bits per heavy atom. The normalized spacial score (nSPS) is 15.1. The molecule has 3 rings (SSSR count). The predicted octanol–water partition coefficient (Wildman–Crippen LogP) is 4.23. The van der Waals surface area contributed by atoms with Gasteiger partial charge < -0.3 is 15.5 Å². The summed E-state index contributed by atoms with van der Waals surface area (Å²) < 4.78 is 13.5. The van der Waals surface area contributed by atoms with Crippen LogP contribution in [0.2, 0.25) is 0 Å². The van der Waals surface area contributed by atoms with Gasteiger partial charge in [-0.15, -0.1) is 35.3 Å². The van der Waals surface area contributed by atoms with Crippen molar-refractivity contribution < 1.29 is 4.39 Å². The number of aromatic nitrogens is 1. The number of rotatable bonds is 7. The first-order chi connectivity index (χ1) is 13.7. The maximum Gasteiger partial charge on any atom is 0.191 e. The third-order valence-electron chi connectivity index (χ3n) is 4.90. The average molecular weight is 531 g/mol. The second-order valence-electron chi connectivity index (χ2n) is 6.97. The Balaban J connectivity index is 0.00000300. The van der Waals surface area contributed by atoms with E-state index in [0.29, 0.717) is 6.04 Å². The standard InChI is InChI=1S/C21H30FN5S.HI/c1-3-19-15-25-20(28-19)8-11-24-21(23-4-2)26-17-9-12-27(13-10-17)18-7-5-6-16(22)14-18;/h5-7,14-15,17H,3-4,8-13H2,1-2H3,(H2,23,24,26);1H. The van der Waals surface area contributed by atoms with Crippen LogP contribution in [0, 0.1) is 5.82 Å². The van der Waals surface area contributed by atoms with Crippen molar-refractivity contribution in [1.82, 2.24) is 15.6 Å². The van der Waals surface area contributed by atoms with Crippen LogP contribution in [-0.4, -0.2) is 43.2 Å². The molecule has 2 heterocycles. The van der Waals surface area contributed by atoms with E-state index >= 15 is 0 Å². The van der Waals surface area contributed by atoms with Gasteiger partial charge in [0, 0.05) is 55.4 Å². The number of hydrogen-bond donors (Lipinski definition) is 2.